The van der Waals surface area contributed by atoms with Crippen LogP contribution in [0.4, 0.5) is 0 Å². The zero-order chi connectivity index (χ0) is 22.0. The maximum absolute atomic E-state index is 11.7. The summed E-state index contributed by atoms with van der Waals surface area (Å²) in [6.07, 6.45) is -1.17. The van der Waals surface area contributed by atoms with Crippen LogP contribution in [0.3, 0.4) is 0 Å². The first-order valence-electron chi connectivity index (χ1n) is 8.83. The van der Waals surface area contributed by atoms with Crippen LogP contribution in [0.25, 0.3) is 0 Å². The Labute approximate surface area is 172 Å². The van der Waals surface area contributed by atoms with Crippen LogP contribution in [0.2, 0.25) is 0 Å². The Bertz CT molecular complexity index is 620. The largest absolute Gasteiger partial charge is 0.463 e. The monoisotopic (exact) mass is 434 g/mol. The zero-order valence-corrected chi connectivity index (χ0v) is 17.5. The topological polar surface area (TPSA) is 135 Å². The maximum Gasteiger partial charge on any atom is 0.303 e. The third-order valence-electron chi connectivity index (χ3n) is 3.58. The highest BCUT2D eigenvalue weighted by molar-refractivity contribution is 7.99. The summed E-state index contributed by atoms with van der Waals surface area (Å²) in [6.45, 7) is 4.32. The van der Waals surface area contributed by atoms with Crippen molar-refractivity contribution in [3.05, 3.63) is 12.2 Å². The van der Waals surface area contributed by atoms with E-state index in [1.807, 2.05) is 0 Å². The van der Waals surface area contributed by atoms with Gasteiger partial charge in [-0.1, -0.05) is 12.2 Å². The molecule has 0 saturated carbocycles. The number of ether oxygens (including phenoxy) is 5. The average molecular weight is 434 g/mol. The van der Waals surface area contributed by atoms with Gasteiger partial charge in [0.2, 0.25) is 0 Å². The molecule has 5 atom stereocenters. The van der Waals surface area contributed by atoms with E-state index in [1.165, 1.54) is 38.6 Å². The molecule has 1 heterocycles. The summed E-state index contributed by atoms with van der Waals surface area (Å²) >= 11 is 1.21. The van der Waals surface area contributed by atoms with Gasteiger partial charge in [-0.05, 0) is 0 Å². The molecule has 1 fully saturated rings. The van der Waals surface area contributed by atoms with Crippen LogP contribution in [0, 0.1) is 0 Å². The third kappa shape index (κ3) is 8.84. The van der Waals surface area contributed by atoms with E-state index in [9.17, 15) is 19.2 Å². The molecule has 1 saturated heterocycles. The normalized spacial score (nSPS) is 26.6. The summed E-state index contributed by atoms with van der Waals surface area (Å²) in [6, 6.07) is 0. The summed E-state index contributed by atoms with van der Waals surface area (Å²) in [7, 11) is 0. The fraction of sp³-hybridized carbons (Fsp3) is 0.667. The fourth-order valence-electron chi connectivity index (χ4n) is 2.62. The molecule has 0 unspecified atom stereocenters. The van der Waals surface area contributed by atoms with E-state index in [1.54, 1.807) is 6.08 Å². The van der Waals surface area contributed by atoms with Gasteiger partial charge < -0.3 is 28.8 Å². The Morgan fingerprint density at radius 3 is 1.93 bits per heavy atom. The standard InChI is InChI=1S/C18H26O10S/c1-10(20)24-9-14-15(25-11(2)21)16(26-12(3)22)17(27-13(4)23)18(28-14)29-8-6-5-7-19/h5-6,14-19H,7-9H2,1-4H3/b6-5+/t14-,15-,16+,17-,18+/m1/s1. The molecule has 0 bridgehead atoms. The van der Waals surface area contributed by atoms with Crippen LogP contribution < -0.4 is 0 Å². The molecule has 29 heavy (non-hydrogen) atoms. The number of carbonyl (C=O) groups excluding carboxylic acids is 4. The molecule has 1 aliphatic rings. The van der Waals surface area contributed by atoms with E-state index in [2.05, 4.69) is 0 Å². The van der Waals surface area contributed by atoms with Crippen LogP contribution in [-0.4, -0.2) is 77.8 Å². The number of carbonyl (C=O) groups is 4. The van der Waals surface area contributed by atoms with Gasteiger partial charge in [0.1, 0.15) is 18.1 Å². The first-order valence-corrected chi connectivity index (χ1v) is 9.88. The lowest BCUT2D eigenvalue weighted by atomic mass is 9.99. The number of hydrogen-bond donors (Lipinski definition) is 1. The van der Waals surface area contributed by atoms with Crippen LogP contribution in [-0.2, 0) is 42.9 Å². The number of thioether (sulfide) groups is 1. The molecule has 0 aromatic heterocycles. The van der Waals surface area contributed by atoms with Crippen molar-refractivity contribution < 1.29 is 48.0 Å². The molecule has 0 amide bonds. The van der Waals surface area contributed by atoms with Gasteiger partial charge in [-0.3, -0.25) is 19.2 Å². The molecule has 1 aliphatic heterocycles. The molecule has 1 N–H and O–H groups in total. The highest BCUT2D eigenvalue weighted by Crippen LogP contribution is 2.34. The van der Waals surface area contributed by atoms with Crippen LogP contribution >= 0.6 is 11.8 Å². The number of hydrogen-bond acceptors (Lipinski definition) is 11. The van der Waals surface area contributed by atoms with Crippen molar-refractivity contribution in [1.82, 2.24) is 0 Å². The summed E-state index contributed by atoms with van der Waals surface area (Å²) in [5.41, 5.74) is -0.820. The van der Waals surface area contributed by atoms with Gasteiger partial charge in [-0.15, -0.1) is 11.8 Å². The number of esters is 4. The Morgan fingerprint density at radius 2 is 1.41 bits per heavy atom. The van der Waals surface area contributed by atoms with Gasteiger partial charge in [-0.2, -0.15) is 0 Å². The van der Waals surface area contributed by atoms with E-state index < -0.39 is 53.7 Å². The first kappa shape index (κ1) is 24.9. The summed E-state index contributed by atoms with van der Waals surface area (Å²) in [5.74, 6) is -2.19. The molecule has 164 valence electrons. The van der Waals surface area contributed by atoms with Crippen LogP contribution in [0.1, 0.15) is 27.7 Å². The second-order valence-corrected chi connectivity index (χ2v) is 7.19. The highest BCUT2D eigenvalue weighted by Gasteiger charge is 2.52. The lowest BCUT2D eigenvalue weighted by Gasteiger charge is -2.44. The Morgan fingerprint density at radius 1 is 0.862 bits per heavy atom. The molecule has 0 aromatic rings. The lowest BCUT2D eigenvalue weighted by Crippen LogP contribution is -2.61. The lowest BCUT2D eigenvalue weighted by molar-refractivity contribution is -0.237. The molecular weight excluding hydrogens is 408 g/mol. The van der Waals surface area contributed by atoms with Crippen LogP contribution in [0.5, 0.6) is 0 Å². The van der Waals surface area contributed by atoms with E-state index in [0.717, 1.165) is 6.92 Å². The van der Waals surface area contributed by atoms with E-state index in [4.69, 9.17) is 28.8 Å². The number of rotatable bonds is 9. The molecule has 0 aromatic carbocycles. The van der Waals surface area contributed by atoms with E-state index in [-0.39, 0.29) is 13.2 Å². The fourth-order valence-corrected chi connectivity index (χ4v) is 3.67. The highest BCUT2D eigenvalue weighted by atomic mass is 32.2. The van der Waals surface area contributed by atoms with Crippen molar-refractivity contribution in [2.24, 2.45) is 0 Å². The SMILES string of the molecule is CC(=O)OC[C@H]1O[C@@H](SC/C=C/CO)[C@H](OC(C)=O)[C@@H](OC(C)=O)[C@@H]1OC(C)=O. The maximum atomic E-state index is 11.7. The first-order chi connectivity index (χ1) is 13.6. The minimum Gasteiger partial charge on any atom is -0.463 e. The summed E-state index contributed by atoms with van der Waals surface area (Å²) in [5, 5.41) is 8.85. The van der Waals surface area contributed by atoms with Crippen LogP contribution in [0.15, 0.2) is 12.2 Å². The molecule has 0 radical (unpaired) electrons. The van der Waals surface area contributed by atoms with Gasteiger partial charge in [0.05, 0.1) is 6.61 Å². The Balaban J connectivity index is 3.22. The summed E-state index contributed by atoms with van der Waals surface area (Å²) in [4.78, 5) is 46.2. The van der Waals surface area contributed by atoms with Crippen molar-refractivity contribution >= 4 is 35.6 Å². The third-order valence-corrected chi connectivity index (χ3v) is 4.67. The van der Waals surface area contributed by atoms with Gasteiger partial charge >= 0.3 is 23.9 Å². The Hall–Kier alpha value is -2.11. The second-order valence-electron chi connectivity index (χ2n) is 6.05. The van der Waals surface area contributed by atoms with Crippen molar-refractivity contribution in [3.8, 4) is 0 Å². The molecular formula is C18H26O10S. The van der Waals surface area contributed by atoms with Gasteiger partial charge in [0.15, 0.2) is 18.3 Å². The van der Waals surface area contributed by atoms with Crippen molar-refractivity contribution in [2.45, 2.75) is 57.5 Å². The Kier molecular flexibility index (Phi) is 10.7. The zero-order valence-electron chi connectivity index (χ0n) is 16.7. The molecule has 0 aliphatic carbocycles. The minimum atomic E-state index is -1.17. The number of aliphatic hydroxyl groups is 1. The quantitative estimate of drug-likeness (QED) is 0.306. The smallest absolute Gasteiger partial charge is 0.303 e. The molecule has 11 heteroatoms. The van der Waals surface area contributed by atoms with Gasteiger partial charge in [0.25, 0.3) is 0 Å². The van der Waals surface area contributed by atoms with Crippen molar-refractivity contribution in [2.75, 3.05) is 19.0 Å². The minimum absolute atomic E-state index is 0.140. The van der Waals surface area contributed by atoms with Crippen molar-refractivity contribution in [1.29, 1.82) is 0 Å². The molecule has 0 spiro atoms. The molecule has 10 nitrogen and oxygen atoms in total. The van der Waals surface area contributed by atoms with E-state index >= 15 is 0 Å². The average Bonchev–Trinajstić information content (AvgIpc) is 2.60. The predicted octanol–water partition coefficient (Wildman–Crippen LogP) is 0.351. The molecule has 1 rings (SSSR count). The van der Waals surface area contributed by atoms with Gasteiger partial charge in [-0.25, -0.2) is 0 Å². The van der Waals surface area contributed by atoms with E-state index in [0.29, 0.717) is 5.75 Å². The summed E-state index contributed by atoms with van der Waals surface area (Å²) < 4.78 is 26.8. The number of aliphatic hydroxyl groups excluding tert-OH is 1. The predicted molar refractivity (Wildman–Crippen MR) is 101 cm³/mol. The van der Waals surface area contributed by atoms with Gasteiger partial charge in [0, 0.05) is 33.4 Å². The second kappa shape index (κ2) is 12.5. The van der Waals surface area contributed by atoms with Crippen molar-refractivity contribution in [3.63, 3.8) is 0 Å².